The highest BCUT2D eigenvalue weighted by Gasteiger charge is 2.56. The molecule has 90 valence electrons. The van der Waals surface area contributed by atoms with Gasteiger partial charge in [-0.2, -0.15) is 0 Å². The predicted octanol–water partition coefficient (Wildman–Crippen LogP) is -1.81. The maximum absolute atomic E-state index is 12.0. The lowest BCUT2D eigenvalue weighted by Crippen LogP contribution is -2.73. The standard InChI is InChI=1S/C10H17N3O3/c1-6(14)7(11)8(15)13-4-2-3-10(13)5-12-9(10)16/h6-7,14H,2-5,11H2,1H3,(H,12,16)/t6-,7+,10-/m0/s1. The number of hydrogen-bond acceptors (Lipinski definition) is 4. The van der Waals surface area contributed by atoms with E-state index < -0.39 is 17.7 Å². The zero-order valence-electron chi connectivity index (χ0n) is 9.27. The van der Waals surface area contributed by atoms with Crippen molar-refractivity contribution in [3.63, 3.8) is 0 Å². The van der Waals surface area contributed by atoms with Crippen LogP contribution in [0.1, 0.15) is 19.8 Å². The summed E-state index contributed by atoms with van der Waals surface area (Å²) in [6.07, 6.45) is 0.608. The molecular formula is C10H17N3O3. The maximum Gasteiger partial charge on any atom is 0.247 e. The topological polar surface area (TPSA) is 95.7 Å². The molecule has 0 aromatic rings. The van der Waals surface area contributed by atoms with Gasteiger partial charge in [0.2, 0.25) is 11.8 Å². The van der Waals surface area contributed by atoms with E-state index in [1.165, 1.54) is 11.8 Å². The van der Waals surface area contributed by atoms with E-state index in [9.17, 15) is 14.7 Å². The van der Waals surface area contributed by atoms with Crippen molar-refractivity contribution in [1.29, 1.82) is 0 Å². The molecule has 4 N–H and O–H groups in total. The number of likely N-dealkylation sites (tertiary alicyclic amines) is 1. The van der Waals surface area contributed by atoms with Crippen LogP contribution in [0.15, 0.2) is 0 Å². The van der Waals surface area contributed by atoms with Crippen LogP contribution in [0.5, 0.6) is 0 Å². The fourth-order valence-electron chi connectivity index (χ4n) is 2.37. The first-order valence-corrected chi connectivity index (χ1v) is 5.52. The summed E-state index contributed by atoms with van der Waals surface area (Å²) in [5.74, 6) is -0.432. The molecular weight excluding hydrogens is 210 g/mol. The van der Waals surface area contributed by atoms with Crippen LogP contribution in [0, 0.1) is 0 Å². The van der Waals surface area contributed by atoms with Crippen molar-refractivity contribution in [1.82, 2.24) is 10.2 Å². The molecule has 0 bridgehead atoms. The zero-order chi connectivity index (χ0) is 11.9. The number of hydrogen-bond donors (Lipinski definition) is 3. The van der Waals surface area contributed by atoms with Crippen LogP contribution in [-0.4, -0.2) is 52.6 Å². The lowest BCUT2D eigenvalue weighted by molar-refractivity contribution is -0.153. The molecule has 2 aliphatic heterocycles. The number of amides is 2. The first-order chi connectivity index (χ1) is 7.49. The molecule has 2 heterocycles. The molecule has 6 heteroatoms. The minimum Gasteiger partial charge on any atom is -0.391 e. The number of aliphatic hydroxyl groups is 1. The van der Waals surface area contributed by atoms with Gasteiger partial charge in [-0.1, -0.05) is 0 Å². The molecule has 1 spiro atoms. The quantitative estimate of drug-likeness (QED) is 0.484. The van der Waals surface area contributed by atoms with Gasteiger partial charge in [-0.15, -0.1) is 0 Å². The Morgan fingerprint density at radius 1 is 1.69 bits per heavy atom. The molecule has 2 aliphatic rings. The van der Waals surface area contributed by atoms with Gasteiger partial charge in [0.05, 0.1) is 6.10 Å². The van der Waals surface area contributed by atoms with Crippen molar-refractivity contribution in [3.8, 4) is 0 Å². The molecule has 0 radical (unpaired) electrons. The first-order valence-electron chi connectivity index (χ1n) is 5.52. The minimum atomic E-state index is -0.941. The average molecular weight is 227 g/mol. The summed E-state index contributed by atoms with van der Waals surface area (Å²) in [7, 11) is 0. The van der Waals surface area contributed by atoms with Crippen LogP contribution in [0.2, 0.25) is 0 Å². The molecule has 2 fully saturated rings. The van der Waals surface area contributed by atoms with E-state index in [-0.39, 0.29) is 11.8 Å². The number of nitrogens with zero attached hydrogens (tertiary/aromatic N) is 1. The van der Waals surface area contributed by atoms with Crippen LogP contribution in [0.3, 0.4) is 0 Å². The fraction of sp³-hybridized carbons (Fsp3) is 0.800. The Hall–Kier alpha value is -1.14. The third-order valence-electron chi connectivity index (χ3n) is 3.52. The molecule has 0 saturated carbocycles. The number of β-lactam (4-membered cyclic amide) rings is 1. The highest BCUT2D eigenvalue weighted by atomic mass is 16.3. The minimum absolute atomic E-state index is 0.101. The fourth-order valence-corrected chi connectivity index (χ4v) is 2.37. The van der Waals surface area contributed by atoms with Crippen molar-refractivity contribution >= 4 is 11.8 Å². The molecule has 16 heavy (non-hydrogen) atoms. The number of nitrogens with two attached hydrogens (primary N) is 1. The summed E-state index contributed by atoms with van der Waals surface area (Å²) in [5, 5.41) is 12.0. The van der Waals surface area contributed by atoms with E-state index >= 15 is 0 Å². The normalized spacial score (nSPS) is 32.2. The van der Waals surface area contributed by atoms with E-state index in [1.54, 1.807) is 0 Å². The number of carbonyl (C=O) groups excluding carboxylic acids is 2. The van der Waals surface area contributed by atoms with Gasteiger partial charge in [-0.25, -0.2) is 0 Å². The zero-order valence-corrected chi connectivity index (χ0v) is 9.27. The second-order valence-corrected chi connectivity index (χ2v) is 4.57. The van der Waals surface area contributed by atoms with Crippen LogP contribution >= 0.6 is 0 Å². The number of aliphatic hydroxyl groups excluding tert-OH is 1. The molecule has 3 atom stereocenters. The van der Waals surface area contributed by atoms with Crippen molar-refractivity contribution in [2.24, 2.45) is 5.73 Å². The van der Waals surface area contributed by atoms with Gasteiger partial charge in [0.25, 0.3) is 0 Å². The van der Waals surface area contributed by atoms with Crippen LogP contribution in [0.25, 0.3) is 0 Å². The van der Waals surface area contributed by atoms with E-state index in [4.69, 9.17) is 5.73 Å². The highest BCUT2D eigenvalue weighted by molar-refractivity contribution is 5.98. The Labute approximate surface area is 93.8 Å². The number of rotatable bonds is 2. The highest BCUT2D eigenvalue weighted by Crippen LogP contribution is 2.34. The molecule has 2 saturated heterocycles. The van der Waals surface area contributed by atoms with Gasteiger partial charge in [0.15, 0.2) is 0 Å². The molecule has 0 unspecified atom stereocenters. The third-order valence-corrected chi connectivity index (χ3v) is 3.52. The van der Waals surface area contributed by atoms with Crippen LogP contribution < -0.4 is 11.1 Å². The van der Waals surface area contributed by atoms with Crippen LogP contribution in [0.4, 0.5) is 0 Å². The summed E-state index contributed by atoms with van der Waals surface area (Å²) in [5.41, 5.74) is 4.94. The monoisotopic (exact) mass is 227 g/mol. The van der Waals surface area contributed by atoms with Crippen molar-refractivity contribution < 1.29 is 14.7 Å². The van der Waals surface area contributed by atoms with E-state index in [0.717, 1.165) is 6.42 Å². The summed E-state index contributed by atoms with van der Waals surface area (Å²) in [6, 6.07) is -0.941. The molecule has 2 amide bonds. The second-order valence-electron chi connectivity index (χ2n) is 4.57. The summed E-state index contributed by atoms with van der Waals surface area (Å²) in [4.78, 5) is 25.1. The first kappa shape index (κ1) is 11.3. The average Bonchev–Trinajstić information content (AvgIpc) is 2.71. The van der Waals surface area contributed by atoms with Gasteiger partial charge < -0.3 is 21.1 Å². The Balaban J connectivity index is 2.15. The smallest absolute Gasteiger partial charge is 0.247 e. The van der Waals surface area contributed by atoms with Gasteiger partial charge in [0, 0.05) is 13.1 Å². The Morgan fingerprint density at radius 2 is 2.38 bits per heavy atom. The van der Waals surface area contributed by atoms with Crippen molar-refractivity contribution in [2.45, 2.75) is 37.5 Å². The molecule has 0 aromatic carbocycles. The second kappa shape index (κ2) is 3.71. The van der Waals surface area contributed by atoms with Gasteiger partial charge >= 0.3 is 0 Å². The number of nitrogens with one attached hydrogen (secondary N) is 1. The largest absolute Gasteiger partial charge is 0.391 e. The Kier molecular flexibility index (Phi) is 2.63. The molecule has 2 rings (SSSR count). The van der Waals surface area contributed by atoms with E-state index in [1.807, 2.05) is 0 Å². The Bertz CT molecular complexity index is 331. The molecule has 0 aromatic heterocycles. The third kappa shape index (κ3) is 1.41. The maximum atomic E-state index is 12.0. The van der Waals surface area contributed by atoms with Crippen molar-refractivity contribution in [3.05, 3.63) is 0 Å². The summed E-state index contributed by atoms with van der Waals surface area (Å²) < 4.78 is 0. The number of carbonyl (C=O) groups is 2. The molecule has 0 aliphatic carbocycles. The lowest BCUT2D eigenvalue weighted by Gasteiger charge is -2.45. The predicted molar refractivity (Wildman–Crippen MR) is 56.3 cm³/mol. The van der Waals surface area contributed by atoms with E-state index in [2.05, 4.69) is 5.32 Å². The van der Waals surface area contributed by atoms with Gasteiger partial charge in [-0.3, -0.25) is 9.59 Å². The van der Waals surface area contributed by atoms with Crippen LogP contribution in [-0.2, 0) is 9.59 Å². The lowest BCUT2D eigenvalue weighted by atomic mass is 9.87. The summed E-state index contributed by atoms with van der Waals surface area (Å²) >= 11 is 0. The van der Waals surface area contributed by atoms with Gasteiger partial charge in [-0.05, 0) is 19.8 Å². The van der Waals surface area contributed by atoms with E-state index in [0.29, 0.717) is 19.5 Å². The summed E-state index contributed by atoms with van der Waals surface area (Å²) in [6.45, 7) is 2.53. The van der Waals surface area contributed by atoms with Gasteiger partial charge in [0.1, 0.15) is 11.6 Å². The van der Waals surface area contributed by atoms with Crippen molar-refractivity contribution in [2.75, 3.05) is 13.1 Å². The Morgan fingerprint density at radius 3 is 2.81 bits per heavy atom. The SMILES string of the molecule is C[C@H](O)[C@@H](N)C(=O)N1CCC[C@@]12CNC2=O. The molecule has 6 nitrogen and oxygen atoms in total.